The van der Waals surface area contributed by atoms with Crippen molar-refractivity contribution >= 4 is 68.2 Å². The van der Waals surface area contributed by atoms with Crippen LogP contribution in [-0.4, -0.2) is 60.3 Å². The van der Waals surface area contributed by atoms with Crippen LogP contribution in [0.4, 0.5) is 11.9 Å². The van der Waals surface area contributed by atoms with Crippen molar-refractivity contribution in [3.8, 4) is 23.2 Å². The molecule has 0 bridgehead atoms. The van der Waals surface area contributed by atoms with Gasteiger partial charge in [0.25, 0.3) is 0 Å². The van der Waals surface area contributed by atoms with Crippen molar-refractivity contribution in [2.24, 2.45) is 0 Å². The van der Waals surface area contributed by atoms with E-state index in [4.69, 9.17) is 32.0 Å². The van der Waals surface area contributed by atoms with Crippen LogP contribution in [0.15, 0.2) is 82.0 Å². The van der Waals surface area contributed by atoms with Gasteiger partial charge >= 0.3 is 0 Å². The van der Waals surface area contributed by atoms with Crippen LogP contribution in [0.5, 0.6) is 0 Å². The Hall–Kier alpha value is -5.20. The zero-order valence-electron chi connectivity index (χ0n) is 23.0. The Bertz CT molecular complexity index is 2240. The van der Waals surface area contributed by atoms with Gasteiger partial charge in [0, 0.05) is 42.0 Å². The predicted molar refractivity (Wildman–Crippen MR) is 166 cm³/mol. The number of nitrogens with one attached hydrogen (secondary N) is 1. The van der Waals surface area contributed by atoms with E-state index in [0.29, 0.717) is 56.4 Å². The normalized spacial score (nSPS) is 11.4. The fraction of sp³-hybridized carbons (Fsp3) is 0.103. The molecule has 0 aliphatic heterocycles. The quantitative estimate of drug-likeness (QED) is 0.235. The molecule has 43 heavy (non-hydrogen) atoms. The topological polar surface area (TPSA) is 128 Å². The second-order valence-electron chi connectivity index (χ2n) is 9.61. The Morgan fingerprint density at radius 3 is 1.74 bits per heavy atom. The van der Waals surface area contributed by atoms with E-state index in [9.17, 15) is 0 Å². The Labute approximate surface area is 253 Å². The molecule has 214 valence electrons. The first-order valence-corrected chi connectivity index (χ1v) is 13.8. The molecule has 0 amide bonds. The van der Waals surface area contributed by atoms with Gasteiger partial charge < -0.3 is 19.1 Å². The van der Waals surface area contributed by atoms with E-state index in [-0.39, 0.29) is 0 Å². The molecule has 12 nitrogen and oxygen atoms in total. The summed E-state index contributed by atoms with van der Waals surface area (Å²) >= 11 is 12.2. The highest BCUT2D eigenvalue weighted by Crippen LogP contribution is 2.28. The second kappa shape index (κ2) is 10.6. The Morgan fingerprint density at radius 1 is 0.698 bits per heavy atom. The van der Waals surface area contributed by atoms with Crippen LogP contribution in [0.1, 0.15) is 0 Å². The van der Waals surface area contributed by atoms with Crippen molar-refractivity contribution in [1.82, 2.24) is 39.2 Å². The molecule has 0 aliphatic rings. The molecule has 0 saturated carbocycles. The van der Waals surface area contributed by atoms with Gasteiger partial charge in [0.15, 0.2) is 22.8 Å². The number of furan rings is 2. The van der Waals surface area contributed by atoms with Gasteiger partial charge in [-0.1, -0.05) is 23.2 Å². The predicted octanol–water partition coefficient (Wildman–Crippen LogP) is 6.49. The molecule has 6 heterocycles. The molecule has 8 aromatic rings. The average molecular weight is 613 g/mol. The number of rotatable bonds is 4. The van der Waals surface area contributed by atoms with Gasteiger partial charge in [-0.3, -0.25) is 0 Å². The summed E-state index contributed by atoms with van der Waals surface area (Å²) in [7, 11) is 5.62. The lowest BCUT2D eigenvalue weighted by Gasteiger charge is -2.13. The highest BCUT2D eigenvalue weighted by molar-refractivity contribution is 6.31. The van der Waals surface area contributed by atoms with Gasteiger partial charge in [-0.15, -0.1) is 10.2 Å². The molecular weight excluding hydrogens is 591 g/mol. The molecule has 0 spiro atoms. The molecule has 6 aromatic heterocycles. The minimum Gasteiger partial charge on any atom is -0.461 e. The standard InChI is InChI=1S/C15H12ClN5O.C14H10ClN5O/c1-20(2)15-17-11-6-5-9(16)8-10(11)14-18-13(19-21(14)15)12-4-3-7-22-12;1-16-14-17-10-5-4-8(15)7-9(10)13-18-12(19-20(13)14)11-3-2-6-21-11/h3-8H,1-2H3;2-7H,1H3,(H,16,17). The first-order chi connectivity index (χ1) is 20.9. The van der Waals surface area contributed by atoms with Gasteiger partial charge in [-0.2, -0.15) is 9.03 Å². The SMILES string of the molecule is CN(C)c1nc2ccc(Cl)cc2c2nc(-c3ccco3)nn12.CNc1nc2ccc(Cl)cc2c2nc(-c3ccco3)nn12. The van der Waals surface area contributed by atoms with Crippen molar-refractivity contribution in [3.05, 3.63) is 83.2 Å². The van der Waals surface area contributed by atoms with Crippen LogP contribution in [-0.2, 0) is 0 Å². The highest BCUT2D eigenvalue weighted by Gasteiger charge is 2.18. The van der Waals surface area contributed by atoms with E-state index in [1.807, 2.05) is 61.5 Å². The maximum Gasteiger partial charge on any atom is 0.228 e. The van der Waals surface area contributed by atoms with E-state index < -0.39 is 0 Å². The summed E-state index contributed by atoms with van der Waals surface area (Å²) in [6.07, 6.45) is 3.19. The van der Waals surface area contributed by atoms with Crippen LogP contribution in [0.25, 0.3) is 56.3 Å². The first kappa shape index (κ1) is 26.7. The fourth-order valence-electron chi connectivity index (χ4n) is 4.62. The first-order valence-electron chi connectivity index (χ1n) is 13.0. The van der Waals surface area contributed by atoms with Crippen molar-refractivity contribution < 1.29 is 8.83 Å². The van der Waals surface area contributed by atoms with Crippen LogP contribution in [0.3, 0.4) is 0 Å². The number of hydrogen-bond acceptors (Lipinski definition) is 10. The largest absolute Gasteiger partial charge is 0.461 e. The smallest absolute Gasteiger partial charge is 0.228 e. The van der Waals surface area contributed by atoms with Gasteiger partial charge in [-0.05, 0) is 60.7 Å². The van der Waals surface area contributed by atoms with Crippen molar-refractivity contribution in [2.45, 2.75) is 0 Å². The third-order valence-corrected chi connectivity index (χ3v) is 7.03. The molecule has 0 radical (unpaired) electrons. The molecule has 0 atom stereocenters. The van der Waals surface area contributed by atoms with Gasteiger partial charge in [-0.25, -0.2) is 19.9 Å². The van der Waals surface area contributed by atoms with Crippen molar-refractivity contribution in [2.75, 3.05) is 31.4 Å². The van der Waals surface area contributed by atoms with Crippen LogP contribution >= 0.6 is 23.2 Å². The molecule has 1 N–H and O–H groups in total. The van der Waals surface area contributed by atoms with Gasteiger partial charge in [0.05, 0.1) is 23.6 Å². The Balaban J connectivity index is 0.000000140. The van der Waals surface area contributed by atoms with E-state index in [2.05, 4.69) is 35.5 Å². The van der Waals surface area contributed by atoms with Gasteiger partial charge in [0.2, 0.25) is 23.5 Å². The van der Waals surface area contributed by atoms with Crippen molar-refractivity contribution in [1.29, 1.82) is 0 Å². The van der Waals surface area contributed by atoms with Crippen molar-refractivity contribution in [3.63, 3.8) is 0 Å². The molecule has 0 fully saturated rings. The minimum absolute atomic E-state index is 0.505. The number of fused-ring (bicyclic) bond motifs is 6. The lowest BCUT2D eigenvalue weighted by molar-refractivity contribution is 0.577. The summed E-state index contributed by atoms with van der Waals surface area (Å²) in [6.45, 7) is 0. The van der Waals surface area contributed by atoms with Crippen LogP contribution in [0, 0.1) is 0 Å². The molecule has 0 aliphatic carbocycles. The zero-order valence-corrected chi connectivity index (χ0v) is 24.5. The van der Waals surface area contributed by atoms with E-state index in [1.54, 1.807) is 46.8 Å². The monoisotopic (exact) mass is 612 g/mol. The summed E-state index contributed by atoms with van der Waals surface area (Å²) in [4.78, 5) is 20.2. The molecule has 2 aromatic carbocycles. The number of hydrogen-bond donors (Lipinski definition) is 1. The number of anilines is 2. The average Bonchev–Trinajstić information content (AvgIpc) is 3.82. The molecule has 8 rings (SSSR count). The maximum atomic E-state index is 6.11. The fourth-order valence-corrected chi connectivity index (χ4v) is 4.96. The lowest BCUT2D eigenvalue weighted by atomic mass is 10.2. The van der Waals surface area contributed by atoms with Gasteiger partial charge in [0.1, 0.15) is 0 Å². The Morgan fingerprint density at radius 2 is 1.23 bits per heavy atom. The molecule has 0 saturated heterocycles. The summed E-state index contributed by atoms with van der Waals surface area (Å²) in [5, 5.41) is 14.9. The number of nitrogens with zero attached hydrogens (tertiary/aromatic N) is 9. The van der Waals surface area contributed by atoms with Crippen LogP contribution in [0.2, 0.25) is 10.0 Å². The second-order valence-corrected chi connectivity index (χ2v) is 10.5. The van der Waals surface area contributed by atoms with Crippen LogP contribution < -0.4 is 10.2 Å². The molecule has 0 unspecified atom stereocenters. The lowest BCUT2D eigenvalue weighted by Crippen LogP contribution is -2.16. The highest BCUT2D eigenvalue weighted by atomic mass is 35.5. The van der Waals surface area contributed by atoms with E-state index >= 15 is 0 Å². The summed E-state index contributed by atoms with van der Waals surface area (Å²) < 4.78 is 14.1. The third kappa shape index (κ3) is 4.76. The minimum atomic E-state index is 0.505. The summed E-state index contributed by atoms with van der Waals surface area (Å²) in [5.41, 5.74) is 2.99. The Kier molecular flexibility index (Phi) is 6.56. The molecular formula is C29H22Cl2N10O2. The van der Waals surface area contributed by atoms with E-state index in [0.717, 1.165) is 21.8 Å². The molecule has 14 heteroatoms. The number of benzene rings is 2. The van der Waals surface area contributed by atoms with E-state index in [1.165, 1.54) is 0 Å². The number of halogens is 2. The number of aromatic nitrogens is 8. The third-order valence-electron chi connectivity index (χ3n) is 6.56. The zero-order chi connectivity index (χ0) is 29.7. The summed E-state index contributed by atoms with van der Waals surface area (Å²) in [5.74, 6) is 3.54. The summed E-state index contributed by atoms with van der Waals surface area (Å²) in [6, 6.07) is 18.3. The maximum absolute atomic E-state index is 6.11.